The van der Waals surface area contributed by atoms with Gasteiger partial charge in [-0.15, -0.1) is 6.58 Å². The van der Waals surface area contributed by atoms with Gasteiger partial charge < -0.3 is 14.7 Å². The van der Waals surface area contributed by atoms with Crippen molar-refractivity contribution in [3.8, 4) is 0 Å². The van der Waals surface area contributed by atoms with Crippen molar-refractivity contribution in [3.05, 3.63) is 54.4 Å². The molecule has 1 N–H and O–H groups in total. The van der Waals surface area contributed by atoms with E-state index in [9.17, 15) is 19.1 Å². The quantitative estimate of drug-likeness (QED) is 0.853. The first-order chi connectivity index (χ1) is 11.9. The Labute approximate surface area is 144 Å². The summed E-state index contributed by atoms with van der Waals surface area (Å²) < 4.78 is 20.4. The Morgan fingerprint density at radius 2 is 2.16 bits per heavy atom. The van der Waals surface area contributed by atoms with Gasteiger partial charge in [-0.25, -0.2) is 4.39 Å². The van der Waals surface area contributed by atoms with Crippen LogP contribution in [0.2, 0.25) is 0 Å². The van der Waals surface area contributed by atoms with Crippen molar-refractivity contribution >= 4 is 17.6 Å². The van der Waals surface area contributed by atoms with Gasteiger partial charge in [-0.05, 0) is 25.5 Å². The number of hydrogen-bond acceptors (Lipinski definition) is 3. The number of nitrogens with zero attached hydrogens (tertiary/aromatic N) is 1. The molecule has 1 amide bonds. The van der Waals surface area contributed by atoms with Gasteiger partial charge >= 0.3 is 5.97 Å². The normalized spacial score (nSPS) is 35.3. The van der Waals surface area contributed by atoms with Crippen LogP contribution < -0.4 is 4.90 Å². The minimum atomic E-state index is -1.07. The molecule has 25 heavy (non-hydrogen) atoms. The number of benzene rings is 1. The summed E-state index contributed by atoms with van der Waals surface area (Å²) in [4.78, 5) is 26.3. The van der Waals surface area contributed by atoms with E-state index in [4.69, 9.17) is 4.74 Å². The van der Waals surface area contributed by atoms with E-state index in [2.05, 4.69) is 6.58 Å². The van der Waals surface area contributed by atoms with Gasteiger partial charge in [0.25, 0.3) is 0 Å². The van der Waals surface area contributed by atoms with E-state index in [0.29, 0.717) is 6.42 Å². The van der Waals surface area contributed by atoms with Crippen LogP contribution in [0.3, 0.4) is 0 Å². The molecule has 0 radical (unpaired) electrons. The molecule has 2 saturated heterocycles. The van der Waals surface area contributed by atoms with Crippen molar-refractivity contribution in [2.45, 2.75) is 31.1 Å². The molecule has 2 fully saturated rings. The minimum absolute atomic E-state index is 0.145. The lowest BCUT2D eigenvalue weighted by molar-refractivity contribution is -0.146. The van der Waals surface area contributed by atoms with Crippen molar-refractivity contribution in [2.75, 3.05) is 4.90 Å². The Kier molecular flexibility index (Phi) is 3.37. The van der Waals surface area contributed by atoms with Crippen molar-refractivity contribution in [3.63, 3.8) is 0 Å². The molecule has 1 aromatic carbocycles. The molecule has 2 bridgehead atoms. The van der Waals surface area contributed by atoms with E-state index < -0.39 is 47.3 Å². The van der Waals surface area contributed by atoms with Crippen LogP contribution in [-0.2, 0) is 14.3 Å². The zero-order valence-corrected chi connectivity index (χ0v) is 13.7. The van der Waals surface area contributed by atoms with Crippen LogP contribution in [-0.4, -0.2) is 34.7 Å². The minimum Gasteiger partial charge on any atom is -0.481 e. The van der Waals surface area contributed by atoms with Gasteiger partial charge in [0, 0.05) is 0 Å². The lowest BCUT2D eigenvalue weighted by Crippen LogP contribution is -2.45. The smallest absolute Gasteiger partial charge is 0.310 e. The second-order valence-corrected chi connectivity index (χ2v) is 6.97. The highest BCUT2D eigenvalue weighted by molar-refractivity contribution is 6.03. The molecule has 6 heteroatoms. The summed E-state index contributed by atoms with van der Waals surface area (Å²) in [5.41, 5.74) is -0.0908. The molecular weight excluding hydrogens is 325 g/mol. The van der Waals surface area contributed by atoms with Crippen LogP contribution in [0, 0.1) is 17.7 Å². The number of ether oxygens (including phenoxy) is 1. The van der Waals surface area contributed by atoms with E-state index in [1.807, 2.05) is 6.92 Å². The number of carboxylic acid groups (broad SMARTS) is 1. The summed E-state index contributed by atoms with van der Waals surface area (Å²) in [5, 5.41) is 9.60. The van der Waals surface area contributed by atoms with E-state index in [0.717, 1.165) is 5.57 Å². The monoisotopic (exact) mass is 343 g/mol. The molecule has 3 heterocycles. The zero-order chi connectivity index (χ0) is 17.9. The second kappa shape index (κ2) is 5.26. The number of fused-ring (bicyclic) bond motifs is 1. The SMILES string of the molecule is C=C(C)C[C@@H]1N(c2ccccc2F)C(=O)[C@@H]2[C@H](C(=O)O)[C@H]3C=C[C@]21O3. The molecule has 5 atom stereocenters. The molecule has 4 rings (SSSR count). The first-order valence-electron chi connectivity index (χ1n) is 8.19. The third-order valence-corrected chi connectivity index (χ3v) is 5.36. The topological polar surface area (TPSA) is 66.8 Å². The molecule has 5 nitrogen and oxygen atoms in total. The van der Waals surface area contributed by atoms with Crippen LogP contribution in [0.5, 0.6) is 0 Å². The fourth-order valence-corrected chi connectivity index (χ4v) is 4.45. The number of carbonyl (C=O) groups is 2. The molecule has 0 unspecified atom stereocenters. The van der Waals surface area contributed by atoms with Gasteiger partial charge in [0.1, 0.15) is 17.3 Å². The van der Waals surface area contributed by atoms with E-state index in [1.165, 1.54) is 17.0 Å². The molecule has 3 aliphatic rings. The van der Waals surface area contributed by atoms with Crippen LogP contribution >= 0.6 is 0 Å². The van der Waals surface area contributed by atoms with Gasteiger partial charge in [-0.3, -0.25) is 9.59 Å². The number of carboxylic acids is 1. The van der Waals surface area contributed by atoms with Crippen molar-refractivity contribution in [1.82, 2.24) is 0 Å². The Morgan fingerprint density at radius 3 is 2.80 bits per heavy atom. The third kappa shape index (κ3) is 2.03. The Morgan fingerprint density at radius 1 is 1.44 bits per heavy atom. The molecule has 1 aromatic rings. The van der Waals surface area contributed by atoms with Gasteiger partial charge in [-0.1, -0.05) is 29.9 Å². The average Bonchev–Trinajstić information content (AvgIpc) is 3.18. The number of anilines is 1. The second-order valence-electron chi connectivity index (χ2n) is 6.97. The standard InChI is InChI=1S/C19H18FNO4/c1-10(2)9-14-19-8-7-13(25-19)15(18(23)24)16(19)17(22)21(14)12-6-4-3-5-11(12)20/h3-8,13-16H,1,9H2,2H3,(H,23,24)/t13-,14+,15-,16+,19-/m1/s1. The van der Waals surface area contributed by atoms with E-state index >= 15 is 0 Å². The fraction of sp³-hybridized carbons (Fsp3) is 0.368. The van der Waals surface area contributed by atoms with Crippen LogP contribution in [0.15, 0.2) is 48.6 Å². The number of carbonyl (C=O) groups excluding carboxylic acids is 1. The van der Waals surface area contributed by atoms with Crippen molar-refractivity contribution < 1.29 is 23.8 Å². The van der Waals surface area contributed by atoms with Crippen LogP contribution in [0.25, 0.3) is 0 Å². The molecule has 0 aromatic heterocycles. The summed E-state index contributed by atoms with van der Waals surface area (Å²) in [6.45, 7) is 5.74. The van der Waals surface area contributed by atoms with Crippen LogP contribution in [0.1, 0.15) is 13.3 Å². The van der Waals surface area contributed by atoms with Gasteiger partial charge in [0.05, 0.1) is 23.8 Å². The molecule has 3 aliphatic heterocycles. The van der Waals surface area contributed by atoms with Gasteiger partial charge in [0.2, 0.25) is 5.91 Å². The molecule has 1 spiro atoms. The van der Waals surface area contributed by atoms with Gasteiger partial charge in [-0.2, -0.15) is 0 Å². The first kappa shape index (κ1) is 16.0. The lowest BCUT2D eigenvalue weighted by atomic mass is 9.74. The summed E-state index contributed by atoms with van der Waals surface area (Å²) in [7, 11) is 0. The Bertz CT molecular complexity index is 819. The van der Waals surface area contributed by atoms with E-state index in [-0.39, 0.29) is 5.69 Å². The van der Waals surface area contributed by atoms with E-state index in [1.54, 1.807) is 24.3 Å². The Hall–Kier alpha value is -2.47. The van der Waals surface area contributed by atoms with Crippen molar-refractivity contribution in [1.29, 1.82) is 0 Å². The van der Waals surface area contributed by atoms with Gasteiger partial charge in [0.15, 0.2) is 0 Å². The summed E-state index contributed by atoms with van der Waals surface area (Å²) in [5.74, 6) is -3.81. The third-order valence-electron chi connectivity index (χ3n) is 5.36. The summed E-state index contributed by atoms with van der Waals surface area (Å²) in [6.07, 6.45) is 3.27. The number of aliphatic carboxylic acids is 1. The molecule has 0 aliphatic carbocycles. The zero-order valence-electron chi connectivity index (χ0n) is 13.7. The maximum atomic E-state index is 14.4. The highest BCUT2D eigenvalue weighted by atomic mass is 19.1. The predicted octanol–water partition coefficient (Wildman–Crippen LogP) is 2.53. The highest BCUT2D eigenvalue weighted by Gasteiger charge is 2.71. The number of hydrogen-bond donors (Lipinski definition) is 1. The predicted molar refractivity (Wildman–Crippen MR) is 88.5 cm³/mol. The lowest BCUT2D eigenvalue weighted by Gasteiger charge is -2.33. The molecule has 130 valence electrons. The number of halogens is 1. The fourth-order valence-electron chi connectivity index (χ4n) is 4.45. The number of rotatable bonds is 4. The Balaban J connectivity index is 1.87. The maximum absolute atomic E-state index is 14.4. The number of amides is 1. The summed E-state index contributed by atoms with van der Waals surface area (Å²) >= 11 is 0. The maximum Gasteiger partial charge on any atom is 0.310 e. The molecule has 0 saturated carbocycles. The highest BCUT2D eigenvalue weighted by Crippen LogP contribution is 2.56. The largest absolute Gasteiger partial charge is 0.481 e. The number of para-hydroxylation sites is 1. The van der Waals surface area contributed by atoms with Crippen molar-refractivity contribution in [2.24, 2.45) is 11.8 Å². The van der Waals surface area contributed by atoms with Crippen LogP contribution in [0.4, 0.5) is 10.1 Å². The average molecular weight is 343 g/mol. The summed E-state index contributed by atoms with van der Waals surface area (Å²) in [6, 6.07) is 5.49. The first-order valence-corrected chi connectivity index (χ1v) is 8.19. The molecular formula is C19H18FNO4.